The van der Waals surface area contributed by atoms with Gasteiger partial charge >= 0.3 is 6.01 Å². The standard InChI is InChI=1S/C21H24N6O2/c1-5-13(4)28-18-8-9-22-19(25-18)16-11-23-17-7-6-14(10-15(16)17)20-26-27-21(29-20)24-12(2)3/h6-13,23H,5H2,1-4H3,(H,24,27). The number of rotatable bonds is 7. The third-order valence-corrected chi connectivity index (χ3v) is 4.53. The number of ether oxygens (including phenoxy) is 1. The Morgan fingerprint density at radius 3 is 2.83 bits per heavy atom. The van der Waals surface area contributed by atoms with Crippen LogP contribution in [0.1, 0.15) is 34.1 Å². The third-order valence-electron chi connectivity index (χ3n) is 4.53. The number of benzene rings is 1. The Labute approximate surface area is 168 Å². The summed E-state index contributed by atoms with van der Waals surface area (Å²) in [7, 11) is 0. The first-order valence-corrected chi connectivity index (χ1v) is 9.75. The van der Waals surface area contributed by atoms with Gasteiger partial charge in [0.15, 0.2) is 5.82 Å². The fraction of sp³-hybridized carbons (Fsp3) is 0.333. The molecule has 8 heteroatoms. The molecule has 2 N–H and O–H groups in total. The van der Waals surface area contributed by atoms with E-state index in [1.54, 1.807) is 12.3 Å². The monoisotopic (exact) mass is 392 g/mol. The summed E-state index contributed by atoms with van der Waals surface area (Å²) in [6.07, 6.45) is 4.62. The molecule has 0 spiro atoms. The smallest absolute Gasteiger partial charge is 0.315 e. The summed E-state index contributed by atoms with van der Waals surface area (Å²) in [5.74, 6) is 1.62. The largest absolute Gasteiger partial charge is 0.475 e. The number of nitrogens with one attached hydrogen (secondary N) is 2. The van der Waals surface area contributed by atoms with E-state index in [0.717, 1.165) is 28.5 Å². The highest BCUT2D eigenvalue weighted by Crippen LogP contribution is 2.31. The summed E-state index contributed by atoms with van der Waals surface area (Å²) in [6.45, 7) is 8.13. The minimum absolute atomic E-state index is 0.0958. The highest BCUT2D eigenvalue weighted by atomic mass is 16.5. The molecule has 29 heavy (non-hydrogen) atoms. The quantitative estimate of drug-likeness (QED) is 0.471. The second kappa shape index (κ2) is 7.90. The Morgan fingerprint density at radius 1 is 1.17 bits per heavy atom. The van der Waals surface area contributed by atoms with Gasteiger partial charge in [-0.25, -0.2) is 4.98 Å². The van der Waals surface area contributed by atoms with Crippen LogP contribution < -0.4 is 10.1 Å². The summed E-state index contributed by atoms with van der Waals surface area (Å²) in [6, 6.07) is 8.31. The number of aromatic amines is 1. The Hall–Kier alpha value is -3.42. The SMILES string of the molecule is CCC(C)Oc1ccnc(-c2c[nH]c3ccc(-c4nnc(NC(C)C)o4)cc23)n1. The maximum atomic E-state index is 5.84. The minimum Gasteiger partial charge on any atom is -0.475 e. The van der Waals surface area contributed by atoms with Crippen molar-refractivity contribution in [1.29, 1.82) is 0 Å². The second-order valence-corrected chi connectivity index (χ2v) is 7.23. The van der Waals surface area contributed by atoms with Gasteiger partial charge in [0.2, 0.25) is 11.8 Å². The molecule has 0 aliphatic heterocycles. The Morgan fingerprint density at radius 2 is 2.03 bits per heavy atom. The molecule has 4 aromatic rings. The molecule has 4 rings (SSSR count). The van der Waals surface area contributed by atoms with Crippen molar-refractivity contribution in [2.45, 2.75) is 46.3 Å². The maximum absolute atomic E-state index is 5.84. The van der Waals surface area contributed by atoms with Crippen LogP contribution in [0.25, 0.3) is 33.7 Å². The lowest BCUT2D eigenvalue weighted by Crippen LogP contribution is -2.11. The van der Waals surface area contributed by atoms with E-state index in [-0.39, 0.29) is 12.1 Å². The van der Waals surface area contributed by atoms with Gasteiger partial charge < -0.3 is 19.5 Å². The number of anilines is 1. The highest BCUT2D eigenvalue weighted by molar-refractivity contribution is 5.96. The van der Waals surface area contributed by atoms with Crippen LogP contribution in [0.2, 0.25) is 0 Å². The van der Waals surface area contributed by atoms with Crippen molar-refractivity contribution >= 4 is 16.9 Å². The van der Waals surface area contributed by atoms with Crippen LogP contribution in [0.5, 0.6) is 5.88 Å². The van der Waals surface area contributed by atoms with Crippen LogP contribution in [-0.2, 0) is 0 Å². The lowest BCUT2D eigenvalue weighted by Gasteiger charge is -2.11. The van der Waals surface area contributed by atoms with E-state index < -0.39 is 0 Å². The van der Waals surface area contributed by atoms with Crippen molar-refractivity contribution in [3.05, 3.63) is 36.7 Å². The van der Waals surface area contributed by atoms with Gasteiger partial charge in [-0.2, -0.15) is 4.98 Å². The molecular weight excluding hydrogens is 368 g/mol. The van der Waals surface area contributed by atoms with E-state index in [0.29, 0.717) is 23.6 Å². The summed E-state index contributed by atoms with van der Waals surface area (Å²) in [5, 5.41) is 12.3. The molecule has 0 fully saturated rings. The molecule has 0 aliphatic rings. The molecule has 0 saturated carbocycles. The third kappa shape index (κ3) is 4.06. The van der Waals surface area contributed by atoms with E-state index in [1.165, 1.54) is 0 Å². The Balaban J connectivity index is 1.69. The van der Waals surface area contributed by atoms with Crippen LogP contribution in [0.4, 0.5) is 6.01 Å². The fourth-order valence-electron chi connectivity index (χ4n) is 2.91. The number of fused-ring (bicyclic) bond motifs is 1. The molecule has 1 aromatic carbocycles. The van der Waals surface area contributed by atoms with Crippen LogP contribution in [-0.4, -0.2) is 37.3 Å². The zero-order valence-corrected chi connectivity index (χ0v) is 16.9. The van der Waals surface area contributed by atoms with Crippen molar-refractivity contribution in [1.82, 2.24) is 25.1 Å². The van der Waals surface area contributed by atoms with Crippen molar-refractivity contribution < 1.29 is 9.15 Å². The van der Waals surface area contributed by atoms with Crippen molar-refractivity contribution in [3.8, 4) is 28.7 Å². The average Bonchev–Trinajstić information content (AvgIpc) is 3.34. The van der Waals surface area contributed by atoms with Crippen molar-refractivity contribution in [3.63, 3.8) is 0 Å². The van der Waals surface area contributed by atoms with Crippen molar-refractivity contribution in [2.24, 2.45) is 0 Å². The first kappa shape index (κ1) is 18.9. The lowest BCUT2D eigenvalue weighted by atomic mass is 10.1. The molecular formula is C21H24N6O2. The average molecular weight is 392 g/mol. The molecule has 1 unspecified atom stereocenters. The van der Waals surface area contributed by atoms with Gasteiger partial charge in [0, 0.05) is 46.5 Å². The predicted molar refractivity (Wildman–Crippen MR) is 112 cm³/mol. The van der Waals surface area contributed by atoms with Crippen LogP contribution >= 0.6 is 0 Å². The maximum Gasteiger partial charge on any atom is 0.315 e. The van der Waals surface area contributed by atoms with Gasteiger partial charge in [0.05, 0.1) is 6.10 Å². The number of hydrogen-bond donors (Lipinski definition) is 2. The van der Waals surface area contributed by atoms with Gasteiger partial charge in [-0.15, -0.1) is 5.10 Å². The van der Waals surface area contributed by atoms with Gasteiger partial charge in [-0.1, -0.05) is 12.0 Å². The van der Waals surface area contributed by atoms with E-state index in [9.17, 15) is 0 Å². The Bertz CT molecular complexity index is 1120. The molecule has 150 valence electrons. The predicted octanol–water partition coefficient (Wildman–Crippen LogP) is 4.67. The van der Waals surface area contributed by atoms with Crippen molar-refractivity contribution in [2.75, 3.05) is 5.32 Å². The van der Waals surface area contributed by atoms with Gasteiger partial charge in [-0.05, 0) is 45.4 Å². The zero-order valence-electron chi connectivity index (χ0n) is 16.9. The molecule has 0 bridgehead atoms. The first-order valence-electron chi connectivity index (χ1n) is 9.75. The summed E-state index contributed by atoms with van der Waals surface area (Å²) < 4.78 is 11.6. The number of hydrogen-bond acceptors (Lipinski definition) is 7. The fourth-order valence-corrected chi connectivity index (χ4v) is 2.91. The zero-order chi connectivity index (χ0) is 20.4. The molecule has 0 radical (unpaired) electrons. The summed E-state index contributed by atoms with van der Waals surface area (Å²) >= 11 is 0. The molecule has 3 heterocycles. The summed E-state index contributed by atoms with van der Waals surface area (Å²) in [5.41, 5.74) is 2.69. The minimum atomic E-state index is 0.0958. The molecule has 0 saturated heterocycles. The second-order valence-electron chi connectivity index (χ2n) is 7.23. The van der Waals surface area contributed by atoms with Gasteiger partial charge in [0.25, 0.3) is 0 Å². The highest BCUT2D eigenvalue weighted by Gasteiger charge is 2.14. The van der Waals surface area contributed by atoms with E-state index in [4.69, 9.17) is 9.15 Å². The van der Waals surface area contributed by atoms with Crippen LogP contribution in [0.3, 0.4) is 0 Å². The first-order chi connectivity index (χ1) is 14.0. The Kier molecular flexibility index (Phi) is 5.16. The molecule has 3 aromatic heterocycles. The van der Waals surface area contributed by atoms with E-state index >= 15 is 0 Å². The topological polar surface area (TPSA) is 102 Å². The number of H-pyrrole nitrogens is 1. The molecule has 0 aliphatic carbocycles. The molecule has 0 amide bonds. The number of nitrogens with zero attached hydrogens (tertiary/aromatic N) is 4. The van der Waals surface area contributed by atoms with Gasteiger partial charge in [0.1, 0.15) is 0 Å². The van der Waals surface area contributed by atoms with E-state index in [2.05, 4.69) is 37.4 Å². The van der Waals surface area contributed by atoms with Crippen LogP contribution in [0.15, 0.2) is 41.1 Å². The summed E-state index contributed by atoms with van der Waals surface area (Å²) in [4.78, 5) is 12.3. The normalized spacial score (nSPS) is 12.4. The molecule has 8 nitrogen and oxygen atoms in total. The molecule has 1 atom stereocenters. The van der Waals surface area contributed by atoms with Gasteiger partial charge in [-0.3, -0.25) is 0 Å². The van der Waals surface area contributed by atoms with Crippen LogP contribution in [0, 0.1) is 0 Å². The number of aromatic nitrogens is 5. The van der Waals surface area contributed by atoms with E-state index in [1.807, 2.05) is 45.2 Å². The lowest BCUT2D eigenvalue weighted by molar-refractivity contribution is 0.208.